The summed E-state index contributed by atoms with van der Waals surface area (Å²) in [5.74, 6) is 0.0115. The number of carbonyl (C=O) groups is 1. The van der Waals surface area contributed by atoms with Crippen LogP contribution in [-0.4, -0.2) is 29.8 Å². The third-order valence-corrected chi connectivity index (χ3v) is 3.29. The van der Waals surface area contributed by atoms with Gasteiger partial charge in [-0.1, -0.05) is 0 Å². The molecule has 1 aliphatic heterocycles. The van der Waals surface area contributed by atoms with Gasteiger partial charge in [-0.15, -0.1) is 0 Å². The Hall–Kier alpha value is -1.59. The quantitative estimate of drug-likeness (QED) is 0.687. The van der Waals surface area contributed by atoms with E-state index < -0.39 is 5.54 Å². The third kappa shape index (κ3) is 2.63. The van der Waals surface area contributed by atoms with Gasteiger partial charge in [0.25, 0.3) is 0 Å². The number of aromatic hydroxyl groups is 1. The lowest BCUT2D eigenvalue weighted by molar-refractivity contribution is -0.124. The Morgan fingerprint density at radius 2 is 2.11 bits per heavy atom. The Morgan fingerprint density at radius 3 is 2.72 bits per heavy atom. The van der Waals surface area contributed by atoms with E-state index >= 15 is 0 Å². The fourth-order valence-electron chi connectivity index (χ4n) is 1.95. The molecule has 0 radical (unpaired) electrons. The molecule has 5 nitrogen and oxygen atoms in total. The molecule has 0 atom stereocenters. The monoisotopic (exact) mass is 250 g/mol. The Morgan fingerprint density at radius 1 is 1.44 bits per heavy atom. The maximum atomic E-state index is 12.1. The highest BCUT2D eigenvalue weighted by Crippen LogP contribution is 2.23. The summed E-state index contributed by atoms with van der Waals surface area (Å²) in [6, 6.07) is 4.93. The largest absolute Gasteiger partial charge is 0.508 e. The van der Waals surface area contributed by atoms with Crippen molar-refractivity contribution in [3.63, 3.8) is 0 Å². The lowest BCUT2D eigenvalue weighted by Crippen LogP contribution is -2.54. The maximum Gasteiger partial charge on any atom is 0.244 e. The normalized spacial score (nSPS) is 18.3. The molecule has 1 fully saturated rings. The predicted molar refractivity (Wildman–Crippen MR) is 68.4 cm³/mol. The number of aryl methyl sites for hydroxylation is 1. The first-order chi connectivity index (χ1) is 8.51. The summed E-state index contributed by atoms with van der Waals surface area (Å²) in [5, 5.41) is 12.2. The van der Waals surface area contributed by atoms with E-state index in [0.29, 0.717) is 37.3 Å². The van der Waals surface area contributed by atoms with E-state index in [2.05, 4.69) is 5.32 Å². The minimum absolute atomic E-state index is 0.198. The van der Waals surface area contributed by atoms with Crippen LogP contribution < -0.4 is 11.1 Å². The first-order valence-electron chi connectivity index (χ1n) is 5.99. The minimum Gasteiger partial charge on any atom is -0.508 e. The number of carbonyl (C=O) groups excluding carboxylic acids is 1. The van der Waals surface area contributed by atoms with Crippen molar-refractivity contribution in [1.29, 1.82) is 0 Å². The van der Waals surface area contributed by atoms with Gasteiger partial charge in [-0.25, -0.2) is 0 Å². The third-order valence-electron chi connectivity index (χ3n) is 3.29. The van der Waals surface area contributed by atoms with Gasteiger partial charge in [0, 0.05) is 18.9 Å². The number of benzene rings is 1. The van der Waals surface area contributed by atoms with Crippen LogP contribution in [0.1, 0.15) is 18.4 Å². The second-order valence-corrected chi connectivity index (χ2v) is 4.72. The fraction of sp³-hybridized carbons (Fsp3) is 0.462. The molecular weight excluding hydrogens is 232 g/mol. The first-order valence-corrected chi connectivity index (χ1v) is 5.99. The van der Waals surface area contributed by atoms with Crippen molar-refractivity contribution in [2.45, 2.75) is 25.3 Å². The van der Waals surface area contributed by atoms with E-state index in [9.17, 15) is 9.90 Å². The van der Waals surface area contributed by atoms with E-state index in [1.165, 1.54) is 0 Å². The highest BCUT2D eigenvalue weighted by atomic mass is 16.5. The standard InChI is InChI=1S/C13H18N2O3/c1-9-8-10(2-3-11(9)16)15-12(17)13(14)4-6-18-7-5-13/h2-3,8,16H,4-7,14H2,1H3,(H,15,17). The maximum absolute atomic E-state index is 12.1. The molecule has 1 heterocycles. The summed E-state index contributed by atoms with van der Waals surface area (Å²) in [6.07, 6.45) is 1.05. The molecular formula is C13H18N2O3. The van der Waals surface area contributed by atoms with Crippen molar-refractivity contribution in [3.8, 4) is 5.75 Å². The van der Waals surface area contributed by atoms with Crippen LogP contribution in [0.5, 0.6) is 5.75 Å². The number of rotatable bonds is 2. The smallest absolute Gasteiger partial charge is 0.244 e. The molecule has 0 aliphatic carbocycles. The molecule has 0 saturated carbocycles. The van der Waals surface area contributed by atoms with Crippen molar-refractivity contribution in [2.75, 3.05) is 18.5 Å². The average molecular weight is 250 g/mol. The van der Waals surface area contributed by atoms with E-state index in [4.69, 9.17) is 10.5 Å². The number of nitrogens with one attached hydrogen (secondary N) is 1. The Bertz CT molecular complexity index is 454. The molecule has 18 heavy (non-hydrogen) atoms. The van der Waals surface area contributed by atoms with Gasteiger partial charge in [0.1, 0.15) is 11.3 Å². The highest BCUT2D eigenvalue weighted by Gasteiger charge is 2.35. The minimum atomic E-state index is -0.857. The number of nitrogens with two attached hydrogens (primary N) is 1. The zero-order chi connectivity index (χ0) is 13.2. The number of anilines is 1. The second kappa shape index (κ2) is 4.96. The topological polar surface area (TPSA) is 84.6 Å². The Balaban J connectivity index is 2.08. The molecule has 98 valence electrons. The van der Waals surface area contributed by atoms with E-state index in [1.807, 2.05) is 0 Å². The van der Waals surface area contributed by atoms with Gasteiger partial charge in [-0.05, 0) is 43.5 Å². The van der Waals surface area contributed by atoms with Crippen molar-refractivity contribution < 1.29 is 14.6 Å². The lowest BCUT2D eigenvalue weighted by Gasteiger charge is -2.31. The van der Waals surface area contributed by atoms with Gasteiger partial charge in [0.15, 0.2) is 0 Å². The number of phenolic OH excluding ortho intramolecular Hbond substituents is 1. The van der Waals surface area contributed by atoms with Crippen LogP contribution in [0.2, 0.25) is 0 Å². The van der Waals surface area contributed by atoms with Crippen LogP contribution in [0.25, 0.3) is 0 Å². The van der Waals surface area contributed by atoms with Gasteiger partial charge < -0.3 is 20.9 Å². The number of hydrogen-bond acceptors (Lipinski definition) is 4. The number of ether oxygens (including phenoxy) is 1. The molecule has 0 bridgehead atoms. The van der Waals surface area contributed by atoms with Crippen molar-refractivity contribution in [1.82, 2.24) is 0 Å². The van der Waals surface area contributed by atoms with Crippen LogP contribution in [0, 0.1) is 6.92 Å². The van der Waals surface area contributed by atoms with Crippen LogP contribution in [0.3, 0.4) is 0 Å². The predicted octanol–water partition coefficient (Wildman–Crippen LogP) is 1.15. The first kappa shape index (κ1) is 12.9. The summed E-state index contributed by atoms with van der Waals surface area (Å²) in [7, 11) is 0. The molecule has 1 amide bonds. The van der Waals surface area contributed by atoms with Crippen molar-refractivity contribution in [2.24, 2.45) is 5.73 Å². The molecule has 2 rings (SSSR count). The van der Waals surface area contributed by atoms with Gasteiger partial charge in [0.05, 0.1) is 0 Å². The van der Waals surface area contributed by atoms with Gasteiger partial charge in [-0.3, -0.25) is 4.79 Å². The average Bonchev–Trinajstić information content (AvgIpc) is 2.35. The van der Waals surface area contributed by atoms with Crippen LogP contribution in [-0.2, 0) is 9.53 Å². The van der Waals surface area contributed by atoms with Gasteiger partial charge in [0.2, 0.25) is 5.91 Å². The number of amides is 1. The van der Waals surface area contributed by atoms with Crippen LogP contribution in [0.4, 0.5) is 5.69 Å². The Kier molecular flexibility index (Phi) is 3.54. The summed E-state index contributed by atoms with van der Waals surface area (Å²) in [5.41, 5.74) is 6.58. The molecule has 1 saturated heterocycles. The SMILES string of the molecule is Cc1cc(NC(=O)C2(N)CCOCC2)ccc1O. The summed E-state index contributed by atoms with van der Waals surface area (Å²) < 4.78 is 5.21. The number of hydrogen-bond donors (Lipinski definition) is 3. The van der Waals surface area contributed by atoms with E-state index in [-0.39, 0.29) is 11.7 Å². The number of phenols is 1. The summed E-state index contributed by atoms with van der Waals surface area (Å²) >= 11 is 0. The molecule has 0 unspecified atom stereocenters. The fourth-order valence-corrected chi connectivity index (χ4v) is 1.95. The lowest BCUT2D eigenvalue weighted by atomic mass is 9.90. The van der Waals surface area contributed by atoms with Gasteiger partial charge >= 0.3 is 0 Å². The summed E-state index contributed by atoms with van der Waals surface area (Å²) in [6.45, 7) is 2.80. The molecule has 0 spiro atoms. The molecule has 5 heteroatoms. The Labute approximate surface area is 106 Å². The highest BCUT2D eigenvalue weighted by molar-refractivity contribution is 5.98. The van der Waals surface area contributed by atoms with Crippen LogP contribution in [0.15, 0.2) is 18.2 Å². The van der Waals surface area contributed by atoms with E-state index in [1.54, 1.807) is 25.1 Å². The second-order valence-electron chi connectivity index (χ2n) is 4.72. The van der Waals surface area contributed by atoms with Crippen LogP contribution >= 0.6 is 0 Å². The van der Waals surface area contributed by atoms with E-state index in [0.717, 1.165) is 0 Å². The zero-order valence-electron chi connectivity index (χ0n) is 10.4. The van der Waals surface area contributed by atoms with Crippen molar-refractivity contribution >= 4 is 11.6 Å². The summed E-state index contributed by atoms with van der Waals surface area (Å²) in [4.78, 5) is 12.1. The molecule has 1 aromatic rings. The van der Waals surface area contributed by atoms with Gasteiger partial charge in [-0.2, -0.15) is 0 Å². The molecule has 1 aliphatic rings. The zero-order valence-corrected chi connectivity index (χ0v) is 10.4. The molecule has 1 aromatic carbocycles. The molecule has 4 N–H and O–H groups in total. The molecule has 0 aromatic heterocycles. The van der Waals surface area contributed by atoms with Crippen molar-refractivity contribution in [3.05, 3.63) is 23.8 Å².